The van der Waals surface area contributed by atoms with Crippen molar-refractivity contribution in [2.45, 2.75) is 32.6 Å². The molecule has 0 radical (unpaired) electrons. The zero-order chi connectivity index (χ0) is 20.3. The number of benzene rings is 1. The maximum Gasteiger partial charge on any atom is 0.261 e. The van der Waals surface area contributed by atoms with Gasteiger partial charge < -0.3 is 9.64 Å². The molecule has 0 saturated carbocycles. The van der Waals surface area contributed by atoms with E-state index in [1.807, 2.05) is 6.92 Å². The molecule has 0 bridgehead atoms. The summed E-state index contributed by atoms with van der Waals surface area (Å²) >= 11 is 0. The number of hydrogen-bond acceptors (Lipinski definition) is 5. The van der Waals surface area contributed by atoms with Crippen molar-refractivity contribution in [1.82, 2.24) is 9.80 Å². The van der Waals surface area contributed by atoms with Crippen LogP contribution in [0.15, 0.2) is 18.2 Å². The molecule has 0 aromatic heterocycles. The zero-order valence-electron chi connectivity index (χ0n) is 16.4. The summed E-state index contributed by atoms with van der Waals surface area (Å²) in [6, 6.07) is 4.69. The van der Waals surface area contributed by atoms with Crippen LogP contribution in [0.3, 0.4) is 0 Å². The SMILES string of the molecule is CCC(=O)C1CCN(C(=O)c2ccc3c(c2)C(=O)N(CCCOC)C3=O)CC1. The molecule has 7 nitrogen and oxygen atoms in total. The smallest absolute Gasteiger partial charge is 0.261 e. The van der Waals surface area contributed by atoms with E-state index < -0.39 is 0 Å². The Morgan fingerprint density at radius 2 is 1.79 bits per heavy atom. The molecule has 0 spiro atoms. The molecule has 28 heavy (non-hydrogen) atoms. The number of rotatable bonds is 7. The number of methoxy groups -OCH3 is 1. The molecule has 7 heteroatoms. The molecule has 0 unspecified atom stereocenters. The number of nitrogens with zero attached hydrogens (tertiary/aromatic N) is 2. The van der Waals surface area contributed by atoms with E-state index in [4.69, 9.17) is 4.74 Å². The molecule has 2 aliphatic rings. The number of ether oxygens (including phenoxy) is 1. The van der Waals surface area contributed by atoms with Gasteiger partial charge >= 0.3 is 0 Å². The number of amides is 3. The van der Waals surface area contributed by atoms with Gasteiger partial charge in [0.25, 0.3) is 17.7 Å². The van der Waals surface area contributed by atoms with Crippen molar-refractivity contribution in [1.29, 1.82) is 0 Å². The summed E-state index contributed by atoms with van der Waals surface area (Å²) in [7, 11) is 1.57. The van der Waals surface area contributed by atoms with Gasteiger partial charge in [0.1, 0.15) is 5.78 Å². The minimum absolute atomic E-state index is 0.0360. The average molecular weight is 386 g/mol. The first kappa shape index (κ1) is 20.2. The van der Waals surface area contributed by atoms with Crippen LogP contribution in [0, 0.1) is 5.92 Å². The fourth-order valence-electron chi connectivity index (χ4n) is 3.87. The number of piperidine rings is 1. The predicted molar refractivity (Wildman–Crippen MR) is 102 cm³/mol. The van der Waals surface area contributed by atoms with Crippen molar-refractivity contribution < 1.29 is 23.9 Å². The first-order valence-corrected chi connectivity index (χ1v) is 9.79. The number of fused-ring (bicyclic) bond motifs is 1. The molecule has 1 saturated heterocycles. The monoisotopic (exact) mass is 386 g/mol. The summed E-state index contributed by atoms with van der Waals surface area (Å²) < 4.78 is 4.98. The van der Waals surface area contributed by atoms with Crippen molar-refractivity contribution in [2.75, 3.05) is 33.4 Å². The van der Waals surface area contributed by atoms with Crippen molar-refractivity contribution in [3.63, 3.8) is 0 Å². The lowest BCUT2D eigenvalue weighted by atomic mass is 9.91. The van der Waals surface area contributed by atoms with Gasteiger partial charge in [0.2, 0.25) is 0 Å². The van der Waals surface area contributed by atoms with Crippen molar-refractivity contribution in [3.8, 4) is 0 Å². The Morgan fingerprint density at radius 3 is 2.43 bits per heavy atom. The molecule has 1 aromatic carbocycles. The van der Waals surface area contributed by atoms with Crippen LogP contribution in [-0.4, -0.2) is 66.7 Å². The maximum atomic E-state index is 12.8. The van der Waals surface area contributed by atoms with Gasteiger partial charge in [0.05, 0.1) is 11.1 Å². The number of ketones is 1. The Morgan fingerprint density at radius 1 is 1.11 bits per heavy atom. The molecule has 2 aliphatic heterocycles. The number of hydrogen-bond donors (Lipinski definition) is 0. The van der Waals surface area contributed by atoms with Crippen LogP contribution in [-0.2, 0) is 9.53 Å². The zero-order valence-corrected chi connectivity index (χ0v) is 16.4. The van der Waals surface area contributed by atoms with E-state index in [0.717, 1.165) is 0 Å². The number of carbonyl (C=O) groups excluding carboxylic acids is 4. The second-order valence-corrected chi connectivity index (χ2v) is 7.25. The topological polar surface area (TPSA) is 84.0 Å². The summed E-state index contributed by atoms with van der Waals surface area (Å²) in [6.07, 6.45) is 2.45. The predicted octanol–water partition coefficient (Wildman–Crippen LogP) is 2.15. The summed E-state index contributed by atoms with van der Waals surface area (Å²) in [5.74, 6) is -0.563. The fraction of sp³-hybridized carbons (Fsp3) is 0.524. The number of likely N-dealkylation sites (tertiary alicyclic amines) is 1. The Bertz CT molecular complexity index is 796. The second kappa shape index (κ2) is 8.65. The van der Waals surface area contributed by atoms with E-state index in [-0.39, 0.29) is 35.0 Å². The average Bonchev–Trinajstić information content (AvgIpc) is 2.97. The summed E-state index contributed by atoms with van der Waals surface area (Å²) in [4.78, 5) is 52.7. The fourth-order valence-corrected chi connectivity index (χ4v) is 3.87. The highest BCUT2D eigenvalue weighted by Gasteiger charge is 2.36. The third-order valence-electron chi connectivity index (χ3n) is 5.53. The lowest BCUT2D eigenvalue weighted by Gasteiger charge is -2.31. The first-order chi connectivity index (χ1) is 13.5. The molecular formula is C21H26N2O5. The molecule has 0 atom stereocenters. The van der Waals surface area contributed by atoms with Crippen LogP contribution in [0.1, 0.15) is 63.7 Å². The molecule has 0 aliphatic carbocycles. The molecule has 2 heterocycles. The molecular weight excluding hydrogens is 360 g/mol. The minimum atomic E-state index is -0.363. The minimum Gasteiger partial charge on any atom is -0.385 e. The molecule has 3 amide bonds. The van der Waals surface area contributed by atoms with Gasteiger partial charge in [-0.05, 0) is 37.5 Å². The van der Waals surface area contributed by atoms with Crippen molar-refractivity contribution in [2.24, 2.45) is 5.92 Å². The van der Waals surface area contributed by atoms with Crippen LogP contribution in [0.5, 0.6) is 0 Å². The van der Waals surface area contributed by atoms with E-state index >= 15 is 0 Å². The Hall–Kier alpha value is -2.54. The summed E-state index contributed by atoms with van der Waals surface area (Å²) in [6.45, 7) is 3.68. The molecule has 1 fully saturated rings. The largest absolute Gasteiger partial charge is 0.385 e. The van der Waals surface area contributed by atoms with Gasteiger partial charge in [-0.1, -0.05) is 6.92 Å². The Kier molecular flexibility index (Phi) is 6.24. The number of carbonyl (C=O) groups is 4. The van der Waals surface area contributed by atoms with Crippen LogP contribution in [0.2, 0.25) is 0 Å². The normalized spacial score (nSPS) is 17.2. The lowest BCUT2D eigenvalue weighted by Crippen LogP contribution is -2.40. The van der Waals surface area contributed by atoms with Gasteiger partial charge in [-0.3, -0.25) is 24.1 Å². The van der Waals surface area contributed by atoms with Crippen molar-refractivity contribution >= 4 is 23.5 Å². The second-order valence-electron chi connectivity index (χ2n) is 7.25. The van der Waals surface area contributed by atoms with Crippen LogP contribution < -0.4 is 0 Å². The van der Waals surface area contributed by atoms with E-state index in [9.17, 15) is 19.2 Å². The molecule has 150 valence electrons. The highest BCUT2D eigenvalue weighted by molar-refractivity contribution is 6.22. The third kappa shape index (κ3) is 3.85. The number of Topliss-reactive ketones (excluding diaryl/α,β-unsaturated/α-hetero) is 1. The number of imide groups is 1. The van der Waals surface area contributed by atoms with Gasteiger partial charge in [-0.25, -0.2) is 0 Å². The first-order valence-electron chi connectivity index (χ1n) is 9.79. The molecule has 3 rings (SSSR count). The Balaban J connectivity index is 1.70. The van der Waals surface area contributed by atoms with Crippen LogP contribution in [0.4, 0.5) is 0 Å². The van der Waals surface area contributed by atoms with Crippen LogP contribution >= 0.6 is 0 Å². The highest BCUT2D eigenvalue weighted by atomic mass is 16.5. The van der Waals surface area contributed by atoms with Crippen molar-refractivity contribution in [3.05, 3.63) is 34.9 Å². The van der Waals surface area contributed by atoms with Gasteiger partial charge in [-0.2, -0.15) is 0 Å². The van der Waals surface area contributed by atoms with E-state index in [2.05, 4.69) is 0 Å². The van der Waals surface area contributed by atoms with Gasteiger partial charge in [-0.15, -0.1) is 0 Å². The van der Waals surface area contributed by atoms with Gasteiger partial charge in [0, 0.05) is 51.3 Å². The van der Waals surface area contributed by atoms with E-state index in [1.165, 1.54) is 11.0 Å². The Labute approximate surface area is 164 Å². The van der Waals surface area contributed by atoms with E-state index in [1.54, 1.807) is 24.1 Å². The standard InChI is InChI=1S/C21H26N2O5/c1-3-18(24)14-7-10-22(11-8-14)19(25)15-5-6-16-17(13-15)21(27)23(20(16)26)9-4-12-28-2/h5-6,13-14H,3-4,7-12H2,1-2H3. The summed E-state index contributed by atoms with van der Waals surface area (Å²) in [5.41, 5.74) is 1.02. The summed E-state index contributed by atoms with van der Waals surface area (Å²) in [5, 5.41) is 0. The van der Waals surface area contributed by atoms with Gasteiger partial charge in [0.15, 0.2) is 0 Å². The molecule has 0 N–H and O–H groups in total. The maximum absolute atomic E-state index is 12.8. The van der Waals surface area contributed by atoms with Crippen LogP contribution in [0.25, 0.3) is 0 Å². The third-order valence-corrected chi connectivity index (χ3v) is 5.53. The van der Waals surface area contributed by atoms with E-state index in [0.29, 0.717) is 63.1 Å². The molecule has 1 aromatic rings. The highest BCUT2D eigenvalue weighted by Crippen LogP contribution is 2.26. The lowest BCUT2D eigenvalue weighted by molar-refractivity contribution is -0.123. The quantitative estimate of drug-likeness (QED) is 0.530.